The van der Waals surface area contributed by atoms with E-state index in [9.17, 15) is 0 Å². The van der Waals surface area contributed by atoms with Crippen LogP contribution in [0.3, 0.4) is 0 Å². The molecule has 1 N–H and O–H groups in total. The van der Waals surface area contributed by atoms with Gasteiger partial charge in [0.15, 0.2) is 5.22 Å². The van der Waals surface area contributed by atoms with Crippen molar-refractivity contribution in [1.82, 2.24) is 5.32 Å². The maximum absolute atomic E-state index is 6.19. The lowest BCUT2D eigenvalue weighted by atomic mass is 9.99. The Morgan fingerprint density at radius 1 is 1.35 bits per heavy atom. The standard InChI is InChI=1S/C16H20ClNO2/c1-2-14-11(7-8-19-14)9-18-10-13-12-5-3-4-6-15(12)20-16(13)17/h3-6,11,14,18H,2,7-10H2,1H3. The third kappa shape index (κ3) is 2.71. The first kappa shape index (κ1) is 13.9. The minimum absolute atomic E-state index is 0.402. The van der Waals surface area contributed by atoms with Gasteiger partial charge < -0.3 is 14.5 Å². The fraction of sp³-hybridized carbons (Fsp3) is 0.500. The van der Waals surface area contributed by atoms with Crippen LogP contribution in [0.25, 0.3) is 11.0 Å². The molecule has 1 aliphatic rings. The van der Waals surface area contributed by atoms with Crippen LogP contribution < -0.4 is 5.32 Å². The Hall–Kier alpha value is -1.03. The molecule has 0 amide bonds. The molecule has 2 aromatic rings. The summed E-state index contributed by atoms with van der Waals surface area (Å²) in [4.78, 5) is 0. The molecule has 2 atom stereocenters. The van der Waals surface area contributed by atoms with E-state index in [1.54, 1.807) is 0 Å². The fourth-order valence-corrected chi connectivity index (χ4v) is 3.25. The van der Waals surface area contributed by atoms with Crippen molar-refractivity contribution < 1.29 is 9.15 Å². The van der Waals surface area contributed by atoms with Crippen LogP contribution in [0.1, 0.15) is 25.3 Å². The van der Waals surface area contributed by atoms with Crippen molar-refractivity contribution >= 4 is 22.6 Å². The zero-order valence-corrected chi connectivity index (χ0v) is 12.5. The molecule has 2 heterocycles. The smallest absolute Gasteiger partial charge is 0.199 e. The predicted molar refractivity (Wildman–Crippen MR) is 81.1 cm³/mol. The van der Waals surface area contributed by atoms with E-state index in [2.05, 4.69) is 18.3 Å². The van der Waals surface area contributed by atoms with Gasteiger partial charge >= 0.3 is 0 Å². The van der Waals surface area contributed by atoms with E-state index >= 15 is 0 Å². The first-order chi connectivity index (χ1) is 9.79. The van der Waals surface area contributed by atoms with Gasteiger partial charge in [0.2, 0.25) is 0 Å². The van der Waals surface area contributed by atoms with Crippen LogP contribution >= 0.6 is 11.6 Å². The number of ether oxygens (including phenoxy) is 1. The summed E-state index contributed by atoms with van der Waals surface area (Å²) in [6, 6.07) is 7.97. The molecule has 1 aliphatic heterocycles. The second-order valence-electron chi connectivity index (χ2n) is 5.35. The van der Waals surface area contributed by atoms with Crippen LogP contribution in [-0.2, 0) is 11.3 Å². The van der Waals surface area contributed by atoms with Gasteiger partial charge in [-0.1, -0.05) is 25.1 Å². The van der Waals surface area contributed by atoms with Crippen LogP contribution in [0.2, 0.25) is 5.22 Å². The monoisotopic (exact) mass is 293 g/mol. The number of furan rings is 1. The molecule has 0 spiro atoms. The summed E-state index contributed by atoms with van der Waals surface area (Å²) in [6.07, 6.45) is 2.63. The summed E-state index contributed by atoms with van der Waals surface area (Å²) in [5.74, 6) is 0.608. The summed E-state index contributed by atoms with van der Waals surface area (Å²) in [5, 5.41) is 5.09. The van der Waals surface area contributed by atoms with Gasteiger partial charge in [-0.15, -0.1) is 0 Å². The first-order valence-corrected chi connectivity index (χ1v) is 7.65. The van der Waals surface area contributed by atoms with Crippen LogP contribution in [0.4, 0.5) is 0 Å². The van der Waals surface area contributed by atoms with Crippen LogP contribution in [0, 0.1) is 5.92 Å². The van der Waals surface area contributed by atoms with Gasteiger partial charge in [0.05, 0.1) is 6.10 Å². The Morgan fingerprint density at radius 2 is 2.20 bits per heavy atom. The maximum Gasteiger partial charge on any atom is 0.199 e. The quantitative estimate of drug-likeness (QED) is 0.905. The molecule has 108 valence electrons. The lowest BCUT2D eigenvalue weighted by molar-refractivity contribution is 0.0872. The maximum atomic E-state index is 6.19. The number of hydrogen-bond acceptors (Lipinski definition) is 3. The fourth-order valence-electron chi connectivity index (χ4n) is 2.99. The first-order valence-electron chi connectivity index (χ1n) is 7.27. The molecule has 0 saturated carbocycles. The summed E-state index contributed by atoms with van der Waals surface area (Å²) < 4.78 is 11.3. The highest BCUT2D eigenvalue weighted by atomic mass is 35.5. The molecule has 1 aromatic carbocycles. The van der Waals surface area contributed by atoms with E-state index in [0.717, 1.165) is 49.1 Å². The third-order valence-electron chi connectivity index (χ3n) is 4.11. The van der Waals surface area contributed by atoms with Crippen molar-refractivity contribution in [3.8, 4) is 0 Å². The highest BCUT2D eigenvalue weighted by molar-refractivity contribution is 6.30. The lowest BCUT2D eigenvalue weighted by Crippen LogP contribution is -2.27. The molecule has 2 unspecified atom stereocenters. The van der Waals surface area contributed by atoms with Gasteiger partial charge in [-0.2, -0.15) is 0 Å². The normalized spacial score (nSPS) is 22.7. The van der Waals surface area contributed by atoms with Crippen molar-refractivity contribution in [3.63, 3.8) is 0 Å². The van der Waals surface area contributed by atoms with Gasteiger partial charge in [-0.3, -0.25) is 0 Å². The second kappa shape index (κ2) is 6.17. The Kier molecular flexibility index (Phi) is 4.29. The molecule has 20 heavy (non-hydrogen) atoms. The van der Waals surface area contributed by atoms with E-state index in [4.69, 9.17) is 20.8 Å². The molecule has 1 aromatic heterocycles. The van der Waals surface area contributed by atoms with E-state index in [1.807, 2.05) is 18.2 Å². The van der Waals surface area contributed by atoms with Gasteiger partial charge in [-0.05, 0) is 36.4 Å². The SMILES string of the molecule is CCC1OCCC1CNCc1c(Cl)oc2ccccc12. The number of benzene rings is 1. The van der Waals surface area contributed by atoms with Crippen molar-refractivity contribution in [2.24, 2.45) is 5.92 Å². The number of halogens is 1. The van der Waals surface area contributed by atoms with Crippen molar-refractivity contribution in [2.45, 2.75) is 32.4 Å². The van der Waals surface area contributed by atoms with E-state index in [0.29, 0.717) is 17.2 Å². The summed E-state index contributed by atoms with van der Waals surface area (Å²) >= 11 is 6.19. The Bertz CT molecular complexity index is 581. The zero-order valence-electron chi connectivity index (χ0n) is 11.7. The number of rotatable bonds is 5. The van der Waals surface area contributed by atoms with Crippen molar-refractivity contribution in [3.05, 3.63) is 35.0 Å². The van der Waals surface area contributed by atoms with Crippen LogP contribution in [-0.4, -0.2) is 19.3 Å². The molecule has 0 radical (unpaired) electrons. The van der Waals surface area contributed by atoms with E-state index < -0.39 is 0 Å². The largest absolute Gasteiger partial charge is 0.444 e. The minimum Gasteiger partial charge on any atom is -0.444 e. The van der Waals surface area contributed by atoms with Crippen molar-refractivity contribution in [2.75, 3.05) is 13.2 Å². The summed E-state index contributed by atoms with van der Waals surface area (Å²) in [7, 11) is 0. The molecule has 4 heteroatoms. The highest BCUT2D eigenvalue weighted by Crippen LogP contribution is 2.29. The van der Waals surface area contributed by atoms with E-state index in [1.165, 1.54) is 0 Å². The highest BCUT2D eigenvalue weighted by Gasteiger charge is 2.26. The molecular weight excluding hydrogens is 274 g/mol. The molecule has 3 nitrogen and oxygen atoms in total. The molecule has 0 bridgehead atoms. The zero-order chi connectivity index (χ0) is 13.9. The predicted octanol–water partition coefficient (Wildman–Crippen LogP) is 3.99. The Labute approximate surface area is 124 Å². The number of para-hydroxylation sites is 1. The van der Waals surface area contributed by atoms with Gasteiger partial charge in [0.1, 0.15) is 5.58 Å². The molecule has 1 fully saturated rings. The van der Waals surface area contributed by atoms with Gasteiger partial charge in [0, 0.05) is 30.6 Å². The lowest BCUT2D eigenvalue weighted by Gasteiger charge is -2.17. The van der Waals surface area contributed by atoms with Gasteiger partial charge in [0.25, 0.3) is 0 Å². The van der Waals surface area contributed by atoms with Crippen LogP contribution in [0.15, 0.2) is 28.7 Å². The summed E-state index contributed by atoms with van der Waals surface area (Å²) in [6.45, 7) is 4.78. The molecule has 0 aliphatic carbocycles. The van der Waals surface area contributed by atoms with E-state index in [-0.39, 0.29) is 0 Å². The Balaban J connectivity index is 1.64. The summed E-state index contributed by atoms with van der Waals surface area (Å²) in [5.41, 5.74) is 1.90. The molecular formula is C16H20ClNO2. The van der Waals surface area contributed by atoms with Gasteiger partial charge in [-0.25, -0.2) is 0 Å². The number of nitrogens with one attached hydrogen (secondary N) is 1. The molecule has 1 saturated heterocycles. The minimum atomic E-state index is 0.402. The topological polar surface area (TPSA) is 34.4 Å². The third-order valence-corrected chi connectivity index (χ3v) is 4.41. The number of hydrogen-bond donors (Lipinski definition) is 1. The van der Waals surface area contributed by atoms with Crippen molar-refractivity contribution in [1.29, 1.82) is 0 Å². The Morgan fingerprint density at radius 3 is 3.05 bits per heavy atom. The average molecular weight is 294 g/mol. The molecule has 3 rings (SSSR count). The average Bonchev–Trinajstić information content (AvgIpc) is 3.03. The second-order valence-corrected chi connectivity index (χ2v) is 5.69. The number of fused-ring (bicyclic) bond motifs is 1. The van der Waals surface area contributed by atoms with Crippen LogP contribution in [0.5, 0.6) is 0 Å².